The minimum atomic E-state index is -0.486. The topological polar surface area (TPSA) is 113 Å². The quantitative estimate of drug-likeness (QED) is 0.378. The second-order valence-electron chi connectivity index (χ2n) is 5.23. The van der Waals surface area contributed by atoms with Crippen molar-refractivity contribution in [2.45, 2.75) is 0 Å². The lowest BCUT2D eigenvalue weighted by molar-refractivity contribution is -0.384. The Morgan fingerprint density at radius 3 is 2.81 bits per heavy atom. The maximum atomic E-state index is 12.1. The second kappa shape index (κ2) is 7.70. The summed E-state index contributed by atoms with van der Waals surface area (Å²) in [4.78, 5) is 22.5. The molecule has 9 heteroatoms. The number of hydrogen-bond acceptors (Lipinski definition) is 5. The van der Waals surface area contributed by atoms with Gasteiger partial charge in [-0.25, -0.2) is 5.43 Å². The summed E-state index contributed by atoms with van der Waals surface area (Å²) >= 11 is 3.35. The van der Waals surface area contributed by atoms with Crippen molar-refractivity contribution in [3.05, 3.63) is 80.4 Å². The molecule has 0 aliphatic carbocycles. The zero-order valence-corrected chi connectivity index (χ0v) is 14.8. The number of carbonyl (C=O) groups is 1. The summed E-state index contributed by atoms with van der Waals surface area (Å²) in [5.74, 6) is -0.472. The minimum absolute atomic E-state index is 0.0462. The van der Waals surface area contributed by atoms with Crippen LogP contribution in [0.3, 0.4) is 0 Å². The molecule has 8 nitrogen and oxygen atoms in total. The van der Waals surface area contributed by atoms with E-state index < -0.39 is 10.8 Å². The van der Waals surface area contributed by atoms with Gasteiger partial charge < -0.3 is 0 Å². The predicted octanol–water partition coefficient (Wildman–Crippen LogP) is 3.51. The van der Waals surface area contributed by atoms with Gasteiger partial charge in [0.15, 0.2) is 0 Å². The van der Waals surface area contributed by atoms with E-state index in [1.165, 1.54) is 24.4 Å². The van der Waals surface area contributed by atoms with Crippen molar-refractivity contribution < 1.29 is 9.72 Å². The molecular weight excluding hydrogens is 402 g/mol. The van der Waals surface area contributed by atoms with Crippen molar-refractivity contribution in [1.29, 1.82) is 0 Å². The first-order valence-electron chi connectivity index (χ1n) is 7.42. The van der Waals surface area contributed by atoms with Gasteiger partial charge >= 0.3 is 0 Å². The molecule has 0 aliphatic heterocycles. The molecule has 0 saturated heterocycles. The van der Waals surface area contributed by atoms with Gasteiger partial charge in [0, 0.05) is 22.2 Å². The zero-order chi connectivity index (χ0) is 18.5. The molecule has 0 saturated carbocycles. The molecule has 0 atom stereocenters. The molecule has 1 aromatic heterocycles. The summed E-state index contributed by atoms with van der Waals surface area (Å²) in [5.41, 5.74) is 4.32. The summed E-state index contributed by atoms with van der Waals surface area (Å²) in [6.07, 6.45) is 1.51. The van der Waals surface area contributed by atoms with Crippen molar-refractivity contribution >= 4 is 33.7 Å². The average Bonchev–Trinajstić information content (AvgIpc) is 3.12. The molecule has 3 aromatic rings. The first kappa shape index (κ1) is 17.5. The third-order valence-electron chi connectivity index (χ3n) is 3.40. The van der Waals surface area contributed by atoms with E-state index in [1.54, 1.807) is 12.1 Å². The fourth-order valence-electron chi connectivity index (χ4n) is 2.18. The number of nitro groups is 1. The smallest absolute Gasteiger partial charge is 0.272 e. The highest BCUT2D eigenvalue weighted by atomic mass is 79.9. The van der Waals surface area contributed by atoms with E-state index in [0.717, 1.165) is 10.0 Å². The van der Waals surface area contributed by atoms with Crippen LogP contribution in [0.25, 0.3) is 11.3 Å². The van der Waals surface area contributed by atoms with Crippen LogP contribution in [-0.2, 0) is 0 Å². The maximum absolute atomic E-state index is 12.1. The van der Waals surface area contributed by atoms with Crippen LogP contribution in [0.4, 0.5) is 5.69 Å². The van der Waals surface area contributed by atoms with Crippen LogP contribution in [0.2, 0.25) is 0 Å². The lowest BCUT2D eigenvalue weighted by atomic mass is 10.1. The number of hydrazone groups is 1. The number of halogens is 1. The van der Waals surface area contributed by atoms with Crippen molar-refractivity contribution in [2.24, 2.45) is 5.10 Å². The Balaban J connectivity index is 1.70. The lowest BCUT2D eigenvalue weighted by Gasteiger charge is -1.97. The van der Waals surface area contributed by atoms with E-state index in [1.807, 2.05) is 24.3 Å². The Morgan fingerprint density at radius 1 is 1.23 bits per heavy atom. The van der Waals surface area contributed by atoms with Crippen LogP contribution in [-0.4, -0.2) is 27.2 Å². The Hall–Kier alpha value is -3.33. The Kier molecular flexibility index (Phi) is 5.18. The highest BCUT2D eigenvalue weighted by Crippen LogP contribution is 2.22. The van der Waals surface area contributed by atoms with Crippen molar-refractivity contribution in [3.63, 3.8) is 0 Å². The van der Waals surface area contributed by atoms with Crippen LogP contribution < -0.4 is 5.43 Å². The van der Waals surface area contributed by atoms with Crippen molar-refractivity contribution in [2.75, 3.05) is 0 Å². The van der Waals surface area contributed by atoms with Crippen LogP contribution in [0, 0.1) is 10.1 Å². The summed E-state index contributed by atoms with van der Waals surface area (Å²) in [6, 6.07) is 15.0. The lowest BCUT2D eigenvalue weighted by Crippen LogP contribution is -2.17. The van der Waals surface area contributed by atoms with Gasteiger partial charge in [0.25, 0.3) is 11.6 Å². The fraction of sp³-hybridized carbons (Fsp3) is 0. The highest BCUT2D eigenvalue weighted by Gasteiger charge is 2.13. The van der Waals surface area contributed by atoms with E-state index in [9.17, 15) is 14.9 Å². The number of amides is 1. The molecule has 1 amide bonds. The van der Waals surface area contributed by atoms with E-state index in [-0.39, 0.29) is 11.4 Å². The molecule has 3 rings (SSSR count). The normalized spacial score (nSPS) is 10.8. The number of nitrogens with one attached hydrogen (secondary N) is 2. The van der Waals surface area contributed by atoms with Gasteiger partial charge in [0.1, 0.15) is 5.69 Å². The predicted molar refractivity (Wildman–Crippen MR) is 99.9 cm³/mol. The molecule has 2 aromatic carbocycles. The highest BCUT2D eigenvalue weighted by molar-refractivity contribution is 9.10. The van der Waals surface area contributed by atoms with Gasteiger partial charge in [0.2, 0.25) is 0 Å². The van der Waals surface area contributed by atoms with Crippen LogP contribution in [0.15, 0.2) is 64.2 Å². The zero-order valence-electron chi connectivity index (χ0n) is 13.2. The van der Waals surface area contributed by atoms with Gasteiger partial charge in [-0.3, -0.25) is 20.0 Å². The number of carbonyl (C=O) groups excluding carboxylic acids is 1. The monoisotopic (exact) mass is 413 g/mol. The number of benzene rings is 2. The molecular formula is C17H12BrN5O3. The third-order valence-corrected chi connectivity index (χ3v) is 3.90. The number of aromatic nitrogens is 2. The first-order chi connectivity index (χ1) is 12.5. The number of nitrogens with zero attached hydrogens (tertiary/aromatic N) is 3. The molecule has 130 valence electrons. The van der Waals surface area contributed by atoms with Gasteiger partial charge in [-0.05, 0) is 23.8 Å². The molecule has 0 radical (unpaired) electrons. The van der Waals surface area contributed by atoms with Crippen molar-refractivity contribution in [1.82, 2.24) is 15.6 Å². The molecule has 0 fully saturated rings. The van der Waals surface area contributed by atoms with E-state index >= 15 is 0 Å². The number of non-ortho nitro benzene ring substituents is 1. The van der Waals surface area contributed by atoms with Gasteiger partial charge in [-0.1, -0.05) is 40.2 Å². The molecule has 0 bridgehead atoms. The van der Waals surface area contributed by atoms with Crippen LogP contribution >= 0.6 is 15.9 Å². The average molecular weight is 414 g/mol. The molecule has 1 heterocycles. The van der Waals surface area contributed by atoms with Crippen LogP contribution in [0.1, 0.15) is 16.1 Å². The van der Waals surface area contributed by atoms with Gasteiger partial charge in [0.05, 0.1) is 16.8 Å². The summed E-state index contributed by atoms with van der Waals surface area (Å²) in [7, 11) is 0. The first-order valence-corrected chi connectivity index (χ1v) is 8.21. The SMILES string of the molecule is O=C(N/N=C\c1cccc(Br)c1)c1cc(-c2cccc([N+](=O)[O-])c2)n[nH]1. The van der Waals surface area contributed by atoms with E-state index in [4.69, 9.17) is 0 Å². The second-order valence-corrected chi connectivity index (χ2v) is 6.14. The standard InChI is InChI=1S/C17H12BrN5O3/c18-13-5-1-3-11(7-13)10-19-22-17(24)16-9-15(20-21-16)12-4-2-6-14(8-12)23(25)26/h1-10H,(H,20,21)(H,22,24)/b19-10-. The van der Waals surface area contributed by atoms with Gasteiger partial charge in [-0.2, -0.15) is 10.2 Å². The number of hydrogen-bond donors (Lipinski definition) is 2. The number of H-pyrrole nitrogens is 1. The molecule has 0 spiro atoms. The molecule has 0 unspecified atom stereocenters. The summed E-state index contributed by atoms with van der Waals surface area (Å²) in [6.45, 7) is 0. The van der Waals surface area contributed by atoms with Crippen LogP contribution in [0.5, 0.6) is 0 Å². The third kappa shape index (κ3) is 4.19. The molecule has 2 N–H and O–H groups in total. The number of aromatic amines is 1. The Labute approximate surface area is 156 Å². The Bertz CT molecular complexity index is 999. The molecule has 26 heavy (non-hydrogen) atoms. The van der Waals surface area contributed by atoms with Crippen molar-refractivity contribution in [3.8, 4) is 11.3 Å². The fourth-order valence-corrected chi connectivity index (χ4v) is 2.59. The van der Waals surface area contributed by atoms with E-state index in [0.29, 0.717) is 11.3 Å². The summed E-state index contributed by atoms with van der Waals surface area (Å²) < 4.78 is 0.906. The molecule has 0 aliphatic rings. The van der Waals surface area contributed by atoms with Gasteiger partial charge in [-0.15, -0.1) is 0 Å². The largest absolute Gasteiger partial charge is 0.289 e. The summed E-state index contributed by atoms with van der Waals surface area (Å²) in [5, 5.41) is 21.4. The minimum Gasteiger partial charge on any atom is -0.272 e. The Morgan fingerprint density at radius 2 is 2.04 bits per heavy atom. The van der Waals surface area contributed by atoms with E-state index in [2.05, 4.69) is 36.7 Å². The number of nitro benzene ring substituents is 1. The maximum Gasteiger partial charge on any atom is 0.289 e. The number of rotatable bonds is 5.